The molecule has 2 aromatic rings. The summed E-state index contributed by atoms with van der Waals surface area (Å²) in [7, 11) is 1.82. The fourth-order valence-electron chi connectivity index (χ4n) is 1.27. The van der Waals surface area contributed by atoms with E-state index in [9.17, 15) is 4.79 Å². The Bertz CT molecular complexity index is 463. The Morgan fingerprint density at radius 3 is 2.93 bits per heavy atom. The van der Waals surface area contributed by atoms with Crippen molar-refractivity contribution in [2.24, 2.45) is 7.05 Å². The zero-order valence-electron chi connectivity index (χ0n) is 8.29. The maximum absolute atomic E-state index is 11.7. The van der Waals surface area contributed by atoms with E-state index in [2.05, 4.69) is 15.1 Å². The lowest BCUT2D eigenvalue weighted by atomic mass is 10.2. The number of hydrogen-bond donors (Lipinski definition) is 0. The predicted molar refractivity (Wildman–Crippen MR) is 53.3 cm³/mol. The molecule has 0 aliphatic rings. The Labute approximate surface area is 86.8 Å². The van der Waals surface area contributed by atoms with E-state index in [4.69, 9.17) is 0 Å². The summed E-state index contributed by atoms with van der Waals surface area (Å²) in [4.78, 5) is 19.3. The van der Waals surface area contributed by atoms with Crippen molar-refractivity contribution < 1.29 is 4.79 Å². The second-order valence-corrected chi connectivity index (χ2v) is 3.18. The molecule has 5 heteroatoms. The van der Waals surface area contributed by atoms with Gasteiger partial charge in [0.2, 0.25) is 0 Å². The van der Waals surface area contributed by atoms with Gasteiger partial charge < -0.3 is 0 Å². The molecule has 2 heterocycles. The number of nitrogens with zero attached hydrogens (tertiary/aromatic N) is 4. The smallest absolute Gasteiger partial charge is 0.187 e. The Morgan fingerprint density at radius 1 is 1.47 bits per heavy atom. The van der Waals surface area contributed by atoms with Crippen molar-refractivity contribution in [3.63, 3.8) is 0 Å². The molecule has 0 radical (unpaired) electrons. The Kier molecular flexibility index (Phi) is 2.53. The minimum absolute atomic E-state index is 0.0453. The van der Waals surface area contributed by atoms with E-state index in [1.54, 1.807) is 16.9 Å². The molecule has 0 amide bonds. The molecule has 0 unspecified atom stereocenters. The number of rotatable bonds is 3. The topological polar surface area (TPSA) is 60.7 Å². The molecular weight excluding hydrogens is 192 g/mol. The average Bonchev–Trinajstić information content (AvgIpc) is 2.65. The molecule has 15 heavy (non-hydrogen) atoms. The molecule has 0 aliphatic carbocycles. The van der Waals surface area contributed by atoms with Gasteiger partial charge in [-0.2, -0.15) is 5.10 Å². The van der Waals surface area contributed by atoms with Crippen molar-refractivity contribution in [1.82, 2.24) is 19.7 Å². The van der Waals surface area contributed by atoms with Crippen LogP contribution in [0.2, 0.25) is 0 Å². The normalized spacial score (nSPS) is 10.2. The highest BCUT2D eigenvalue weighted by atomic mass is 16.1. The molecule has 0 saturated heterocycles. The van der Waals surface area contributed by atoms with Crippen molar-refractivity contribution in [3.8, 4) is 0 Å². The largest absolute Gasteiger partial charge is 0.292 e. The summed E-state index contributed by atoms with van der Waals surface area (Å²) in [5.74, 6) is -0.0453. The van der Waals surface area contributed by atoms with Crippen LogP contribution in [0.4, 0.5) is 0 Å². The summed E-state index contributed by atoms with van der Waals surface area (Å²) < 4.78 is 1.67. The van der Waals surface area contributed by atoms with E-state index in [-0.39, 0.29) is 12.2 Å². The SMILES string of the molecule is Cn1ccc(CC(=O)c2ccncn2)n1. The van der Waals surface area contributed by atoms with Gasteiger partial charge in [-0.15, -0.1) is 0 Å². The van der Waals surface area contributed by atoms with Crippen LogP contribution < -0.4 is 0 Å². The van der Waals surface area contributed by atoms with Gasteiger partial charge in [0.15, 0.2) is 5.78 Å². The van der Waals surface area contributed by atoms with Crippen LogP contribution in [0, 0.1) is 0 Å². The zero-order valence-corrected chi connectivity index (χ0v) is 8.29. The summed E-state index contributed by atoms with van der Waals surface area (Å²) in [5.41, 5.74) is 1.18. The van der Waals surface area contributed by atoms with E-state index in [1.165, 1.54) is 6.33 Å². The van der Waals surface area contributed by atoms with Gasteiger partial charge in [-0.3, -0.25) is 9.48 Å². The molecule has 0 atom stereocenters. The molecule has 0 saturated carbocycles. The minimum atomic E-state index is -0.0453. The van der Waals surface area contributed by atoms with Gasteiger partial charge in [0.05, 0.1) is 12.1 Å². The summed E-state index contributed by atoms with van der Waals surface area (Å²) >= 11 is 0. The highest BCUT2D eigenvalue weighted by Gasteiger charge is 2.09. The summed E-state index contributed by atoms with van der Waals surface area (Å²) in [5, 5.41) is 4.13. The van der Waals surface area contributed by atoms with E-state index < -0.39 is 0 Å². The molecule has 0 aliphatic heterocycles. The van der Waals surface area contributed by atoms with Crippen LogP contribution in [0.1, 0.15) is 16.2 Å². The lowest BCUT2D eigenvalue weighted by Gasteiger charge is -1.96. The number of aryl methyl sites for hydroxylation is 1. The lowest BCUT2D eigenvalue weighted by molar-refractivity contribution is 0.0987. The number of hydrogen-bond acceptors (Lipinski definition) is 4. The first-order valence-electron chi connectivity index (χ1n) is 4.53. The van der Waals surface area contributed by atoms with Crippen LogP contribution in [0.25, 0.3) is 0 Å². The molecule has 0 bridgehead atoms. The maximum atomic E-state index is 11.7. The number of carbonyl (C=O) groups excluding carboxylic acids is 1. The first kappa shape index (κ1) is 9.51. The van der Waals surface area contributed by atoms with Crippen LogP contribution >= 0.6 is 0 Å². The molecule has 2 aromatic heterocycles. The van der Waals surface area contributed by atoms with Crippen molar-refractivity contribution >= 4 is 5.78 Å². The summed E-state index contributed by atoms with van der Waals surface area (Å²) in [6, 6.07) is 3.42. The minimum Gasteiger partial charge on any atom is -0.292 e. The van der Waals surface area contributed by atoms with Crippen LogP contribution in [0.15, 0.2) is 30.9 Å². The third kappa shape index (κ3) is 2.25. The van der Waals surface area contributed by atoms with Gasteiger partial charge >= 0.3 is 0 Å². The lowest BCUT2D eigenvalue weighted by Crippen LogP contribution is -2.06. The first-order valence-corrected chi connectivity index (χ1v) is 4.53. The molecule has 2 rings (SSSR count). The van der Waals surface area contributed by atoms with E-state index in [1.807, 2.05) is 19.3 Å². The van der Waals surface area contributed by atoms with Crippen LogP contribution in [-0.2, 0) is 13.5 Å². The van der Waals surface area contributed by atoms with E-state index >= 15 is 0 Å². The van der Waals surface area contributed by atoms with Crippen molar-refractivity contribution in [1.29, 1.82) is 0 Å². The third-order valence-electron chi connectivity index (χ3n) is 1.98. The number of carbonyl (C=O) groups is 1. The van der Waals surface area contributed by atoms with Crippen molar-refractivity contribution in [3.05, 3.63) is 42.2 Å². The molecule has 0 aromatic carbocycles. The van der Waals surface area contributed by atoms with Gasteiger partial charge in [-0.05, 0) is 12.1 Å². The quantitative estimate of drug-likeness (QED) is 0.685. The van der Waals surface area contributed by atoms with Crippen LogP contribution in [-0.4, -0.2) is 25.5 Å². The van der Waals surface area contributed by atoms with Crippen molar-refractivity contribution in [2.45, 2.75) is 6.42 Å². The van der Waals surface area contributed by atoms with E-state index in [0.29, 0.717) is 5.69 Å². The van der Waals surface area contributed by atoms with E-state index in [0.717, 1.165) is 5.69 Å². The number of Topliss-reactive ketones (excluding diaryl/α,β-unsaturated/α-hetero) is 1. The predicted octanol–water partition coefficient (Wildman–Crippen LogP) is 0.635. The first-order chi connectivity index (χ1) is 7.25. The standard InChI is InChI=1S/C10H10N4O/c1-14-5-3-8(13-14)6-10(15)9-2-4-11-7-12-9/h2-5,7H,6H2,1H3. The third-order valence-corrected chi connectivity index (χ3v) is 1.98. The highest BCUT2D eigenvalue weighted by Crippen LogP contribution is 2.01. The molecule has 0 spiro atoms. The summed E-state index contributed by atoms with van der Waals surface area (Å²) in [6.45, 7) is 0. The fourth-order valence-corrected chi connectivity index (χ4v) is 1.27. The molecule has 0 fully saturated rings. The monoisotopic (exact) mass is 202 g/mol. The number of ketones is 1. The molecule has 76 valence electrons. The van der Waals surface area contributed by atoms with Gasteiger partial charge in [0.25, 0.3) is 0 Å². The molecular formula is C10H10N4O. The maximum Gasteiger partial charge on any atom is 0.187 e. The van der Waals surface area contributed by atoms with Gasteiger partial charge in [-0.25, -0.2) is 9.97 Å². The fraction of sp³-hybridized carbons (Fsp3) is 0.200. The second kappa shape index (κ2) is 4.00. The van der Waals surface area contributed by atoms with Gasteiger partial charge in [0, 0.05) is 19.4 Å². The Morgan fingerprint density at radius 2 is 2.33 bits per heavy atom. The summed E-state index contributed by atoms with van der Waals surface area (Å²) in [6.07, 6.45) is 5.00. The van der Waals surface area contributed by atoms with Gasteiger partial charge in [0.1, 0.15) is 12.0 Å². The zero-order chi connectivity index (χ0) is 10.7. The Hall–Kier alpha value is -2.04. The molecule has 5 nitrogen and oxygen atoms in total. The van der Waals surface area contributed by atoms with Gasteiger partial charge in [-0.1, -0.05) is 0 Å². The Balaban J connectivity index is 2.11. The van der Waals surface area contributed by atoms with Crippen molar-refractivity contribution in [2.75, 3.05) is 0 Å². The average molecular weight is 202 g/mol. The second-order valence-electron chi connectivity index (χ2n) is 3.18. The molecule has 0 N–H and O–H groups in total. The van der Waals surface area contributed by atoms with Crippen LogP contribution in [0.5, 0.6) is 0 Å². The number of aromatic nitrogens is 4. The highest BCUT2D eigenvalue weighted by molar-refractivity contribution is 5.95. The van der Waals surface area contributed by atoms with Crippen LogP contribution in [0.3, 0.4) is 0 Å².